The van der Waals surface area contributed by atoms with Crippen LogP contribution in [0.3, 0.4) is 0 Å². The van der Waals surface area contributed by atoms with Gasteiger partial charge in [0.25, 0.3) is 0 Å². The standard InChI is InChI=1S/C4H4BP/c1-3-6-4-2-5-1/h1-4H. The maximum atomic E-state index is 2.10. The molecule has 0 spiro atoms. The molecule has 0 fully saturated rings. The predicted molar refractivity (Wildman–Crippen MR) is 30.3 cm³/mol. The van der Waals surface area contributed by atoms with Gasteiger partial charge in [-0.1, -0.05) is 0 Å². The molecule has 0 saturated carbocycles. The fourth-order valence-electron chi connectivity index (χ4n) is 0.313. The second kappa shape index (κ2) is 2.10. The summed E-state index contributed by atoms with van der Waals surface area (Å²) >= 11 is 0. The molecule has 1 aromatic rings. The summed E-state index contributed by atoms with van der Waals surface area (Å²) in [4.78, 5) is 0. The van der Waals surface area contributed by atoms with E-state index in [-0.39, 0.29) is 0 Å². The topological polar surface area (TPSA) is 0 Å². The molecule has 0 atom stereocenters. The molecule has 0 aromatic carbocycles. The van der Waals surface area contributed by atoms with Crippen molar-refractivity contribution in [3.8, 4) is 0 Å². The van der Waals surface area contributed by atoms with Gasteiger partial charge < -0.3 is 0 Å². The fourth-order valence-corrected chi connectivity index (χ4v) is 0.810. The van der Waals surface area contributed by atoms with Crippen LogP contribution in [0.15, 0.2) is 23.5 Å². The van der Waals surface area contributed by atoms with Crippen molar-refractivity contribution in [3.63, 3.8) is 0 Å². The summed E-state index contributed by atoms with van der Waals surface area (Å²) in [6, 6.07) is 0. The van der Waals surface area contributed by atoms with E-state index in [1.807, 2.05) is 18.8 Å². The molecule has 0 saturated heterocycles. The van der Waals surface area contributed by atoms with Gasteiger partial charge in [-0.3, -0.25) is 0 Å². The van der Waals surface area contributed by atoms with Crippen molar-refractivity contribution in [2.24, 2.45) is 0 Å². The first-order chi connectivity index (χ1) is 3.00. The predicted octanol–water partition coefficient (Wildman–Crippen LogP) is 1.60. The zero-order chi connectivity index (χ0) is 4.24. The molecule has 1 rings (SSSR count). The van der Waals surface area contributed by atoms with Crippen LogP contribution in [-0.4, -0.2) is 6.91 Å². The Morgan fingerprint density at radius 1 is 1.17 bits per heavy atom. The van der Waals surface area contributed by atoms with E-state index >= 15 is 0 Å². The third-order valence-electron chi connectivity index (χ3n) is 0.566. The quantitative estimate of drug-likeness (QED) is 0.458. The van der Waals surface area contributed by atoms with Crippen LogP contribution in [-0.2, 0) is 0 Å². The second-order valence-corrected chi connectivity index (χ2v) is 1.92. The Kier molecular flexibility index (Phi) is 1.40. The first-order valence-electron chi connectivity index (χ1n) is 1.85. The Bertz CT molecular complexity index is 79.5. The Hall–Kier alpha value is -0.155. The Balaban J connectivity index is 3.00. The van der Waals surface area contributed by atoms with Crippen molar-refractivity contribution in [1.82, 2.24) is 0 Å². The second-order valence-electron chi connectivity index (χ2n) is 1.02. The molecule has 0 radical (unpaired) electrons. The minimum atomic E-state index is 1.31. The van der Waals surface area contributed by atoms with Crippen molar-refractivity contribution in [2.45, 2.75) is 0 Å². The molecule has 1 aromatic heterocycles. The zero-order valence-electron chi connectivity index (χ0n) is 3.33. The summed E-state index contributed by atoms with van der Waals surface area (Å²) in [7, 11) is 1.31. The number of hydrogen-bond acceptors (Lipinski definition) is 0. The van der Waals surface area contributed by atoms with Crippen molar-refractivity contribution in [3.05, 3.63) is 23.5 Å². The van der Waals surface area contributed by atoms with Crippen molar-refractivity contribution < 1.29 is 0 Å². The molecule has 0 unspecified atom stereocenters. The molecule has 28 valence electrons. The summed E-state index contributed by atoms with van der Waals surface area (Å²) in [5, 5.41) is 0. The molecular formula is C4H4BP. The molecule has 6 heavy (non-hydrogen) atoms. The van der Waals surface area contributed by atoms with Gasteiger partial charge in [-0.05, 0) is 0 Å². The number of rotatable bonds is 0. The SMILES string of the molecule is b1ccpcc1. The minimum absolute atomic E-state index is 1.31. The number of hydrogen-bond donors (Lipinski definition) is 0. The zero-order valence-corrected chi connectivity index (χ0v) is 4.23. The molecular weight excluding hydrogens is 89.8 g/mol. The molecule has 0 aliphatic rings. The summed E-state index contributed by atoms with van der Waals surface area (Å²) in [5.41, 5.74) is 0. The molecule has 2 heteroatoms. The van der Waals surface area contributed by atoms with Crippen LogP contribution in [0, 0.1) is 0 Å². The first kappa shape index (κ1) is 4.02. The van der Waals surface area contributed by atoms with Crippen molar-refractivity contribution in [2.75, 3.05) is 0 Å². The fraction of sp³-hybridized carbons (Fsp3) is 0. The van der Waals surface area contributed by atoms with Crippen molar-refractivity contribution >= 4 is 15.1 Å². The van der Waals surface area contributed by atoms with Gasteiger partial charge in [0, 0.05) is 0 Å². The molecule has 0 N–H and O–H groups in total. The third kappa shape index (κ3) is 0.911. The van der Waals surface area contributed by atoms with E-state index in [0.29, 0.717) is 0 Å². The summed E-state index contributed by atoms with van der Waals surface area (Å²) < 4.78 is 0. The van der Waals surface area contributed by atoms with Crippen LogP contribution < -0.4 is 0 Å². The first-order valence-corrected chi connectivity index (χ1v) is 2.88. The average molecular weight is 93.9 g/mol. The van der Waals surface area contributed by atoms with Crippen LogP contribution in [0.1, 0.15) is 0 Å². The normalized spacial score (nSPS) is 7.33. The third-order valence-corrected chi connectivity index (χ3v) is 1.26. The van der Waals surface area contributed by atoms with Gasteiger partial charge in [-0.2, -0.15) is 0 Å². The van der Waals surface area contributed by atoms with E-state index in [4.69, 9.17) is 0 Å². The molecule has 0 aliphatic carbocycles. The Morgan fingerprint density at radius 2 is 1.83 bits per heavy atom. The van der Waals surface area contributed by atoms with E-state index < -0.39 is 0 Å². The molecule has 0 aliphatic heterocycles. The molecule has 1 heterocycles. The van der Waals surface area contributed by atoms with Crippen LogP contribution >= 0.6 is 8.19 Å². The van der Waals surface area contributed by atoms with E-state index in [1.165, 1.54) is 8.19 Å². The van der Waals surface area contributed by atoms with Crippen LogP contribution in [0.4, 0.5) is 0 Å². The molecule has 0 amide bonds. The van der Waals surface area contributed by atoms with Gasteiger partial charge in [0.15, 0.2) is 0 Å². The van der Waals surface area contributed by atoms with Crippen LogP contribution in [0.25, 0.3) is 0 Å². The monoisotopic (exact) mass is 94.0 g/mol. The van der Waals surface area contributed by atoms with Gasteiger partial charge in [-0.15, -0.1) is 0 Å². The van der Waals surface area contributed by atoms with Gasteiger partial charge in [-0.25, -0.2) is 0 Å². The summed E-state index contributed by atoms with van der Waals surface area (Å²) in [6.45, 7) is 2.02. The van der Waals surface area contributed by atoms with Gasteiger partial charge >= 0.3 is 38.6 Å². The average Bonchev–Trinajstić information content (AvgIpc) is 1.72. The Morgan fingerprint density at radius 3 is 2.00 bits per heavy atom. The van der Waals surface area contributed by atoms with Gasteiger partial charge in [0.2, 0.25) is 0 Å². The maximum absolute atomic E-state index is 2.10. The van der Waals surface area contributed by atoms with Crippen molar-refractivity contribution in [1.29, 1.82) is 0 Å². The van der Waals surface area contributed by atoms with E-state index in [0.717, 1.165) is 0 Å². The Labute approximate surface area is 39.5 Å². The van der Waals surface area contributed by atoms with E-state index in [2.05, 4.69) is 11.6 Å². The summed E-state index contributed by atoms with van der Waals surface area (Å²) in [6.07, 6.45) is 0. The van der Waals surface area contributed by atoms with E-state index in [1.54, 1.807) is 0 Å². The molecule has 0 nitrogen and oxygen atoms in total. The van der Waals surface area contributed by atoms with Gasteiger partial charge in [0.05, 0.1) is 0 Å². The summed E-state index contributed by atoms with van der Waals surface area (Å²) in [5.74, 6) is 8.28. The molecule has 0 bridgehead atoms. The van der Waals surface area contributed by atoms with E-state index in [9.17, 15) is 0 Å². The van der Waals surface area contributed by atoms with Gasteiger partial charge in [0.1, 0.15) is 0 Å². The van der Waals surface area contributed by atoms with Crippen LogP contribution in [0.2, 0.25) is 0 Å². The van der Waals surface area contributed by atoms with Crippen LogP contribution in [0.5, 0.6) is 0 Å².